The number of rotatable bonds is 2. The molecule has 2 atom stereocenters. The average Bonchev–Trinajstić information content (AvgIpc) is 2.63. The second-order valence-electron chi connectivity index (χ2n) is 6.70. The van der Waals surface area contributed by atoms with Crippen molar-refractivity contribution < 1.29 is 18.0 Å². The van der Waals surface area contributed by atoms with Crippen LogP contribution in [0.1, 0.15) is 19.4 Å². The Morgan fingerprint density at radius 3 is 2.46 bits per heavy atom. The van der Waals surface area contributed by atoms with E-state index in [-0.39, 0.29) is 17.8 Å². The lowest BCUT2D eigenvalue weighted by Crippen LogP contribution is -2.59. The molecule has 2 aromatic rings. The normalized spacial score (nSPS) is 19.3. The molecule has 28 heavy (non-hydrogen) atoms. The molecule has 2 amide bonds. The summed E-state index contributed by atoms with van der Waals surface area (Å²) in [7, 11) is 0. The number of carbonyl (C=O) groups is 1. The zero-order valence-electron chi connectivity index (χ0n) is 15.3. The van der Waals surface area contributed by atoms with Gasteiger partial charge in [0.05, 0.1) is 0 Å². The molecule has 1 aromatic carbocycles. The molecule has 2 heterocycles. The molecule has 9 heteroatoms. The van der Waals surface area contributed by atoms with E-state index in [9.17, 15) is 18.0 Å². The number of hydrogen-bond donors (Lipinski definition) is 1. The Hall–Kier alpha value is -3.28. The van der Waals surface area contributed by atoms with E-state index in [1.165, 1.54) is 18.3 Å². The number of urea groups is 1. The predicted octanol–water partition coefficient (Wildman–Crippen LogP) is 3.50. The molecule has 1 saturated heterocycles. The molecule has 0 radical (unpaired) electrons. The number of anilines is 2. The standard InChI is InChI=1S/C19H18F3N5O/c1-11-10-27(19(28)25-13-3-4-24-18(22)5-13)12(2)9-26(11)14-6-16(20)15(8-23)17(21)7-14/h3-7,11-12H,9-10H2,1-2H3,(H,24,25,28)/t11-,12+/m0/s1. The van der Waals surface area contributed by atoms with Gasteiger partial charge in [0.1, 0.15) is 23.3 Å². The third-order valence-electron chi connectivity index (χ3n) is 4.69. The molecule has 6 nitrogen and oxygen atoms in total. The van der Waals surface area contributed by atoms with Crippen molar-refractivity contribution >= 4 is 17.4 Å². The van der Waals surface area contributed by atoms with Gasteiger partial charge in [0, 0.05) is 48.8 Å². The number of aromatic nitrogens is 1. The minimum Gasteiger partial charge on any atom is -0.365 e. The van der Waals surface area contributed by atoms with Crippen molar-refractivity contribution in [2.75, 3.05) is 23.3 Å². The van der Waals surface area contributed by atoms with E-state index in [0.29, 0.717) is 18.8 Å². The van der Waals surface area contributed by atoms with Crippen LogP contribution in [0.25, 0.3) is 0 Å². The molecular weight excluding hydrogens is 371 g/mol. The summed E-state index contributed by atoms with van der Waals surface area (Å²) in [6.45, 7) is 4.27. The molecule has 0 spiro atoms. The van der Waals surface area contributed by atoms with Crippen molar-refractivity contribution in [3.8, 4) is 6.07 Å². The van der Waals surface area contributed by atoms with Gasteiger partial charge in [0.25, 0.3) is 0 Å². The van der Waals surface area contributed by atoms with Crippen LogP contribution < -0.4 is 10.2 Å². The maximum Gasteiger partial charge on any atom is 0.322 e. The second-order valence-corrected chi connectivity index (χ2v) is 6.70. The molecule has 1 aliphatic heterocycles. The van der Waals surface area contributed by atoms with E-state index in [1.807, 2.05) is 13.8 Å². The Kier molecular flexibility index (Phi) is 5.40. The van der Waals surface area contributed by atoms with E-state index < -0.39 is 29.2 Å². The SMILES string of the molecule is C[C@@H]1CN(c2cc(F)c(C#N)c(F)c2)[C@@H](C)CN1C(=O)Nc1ccnc(F)c1. The number of hydrogen-bond acceptors (Lipinski definition) is 4. The van der Waals surface area contributed by atoms with Crippen LogP contribution in [0.3, 0.4) is 0 Å². The first-order valence-corrected chi connectivity index (χ1v) is 8.65. The summed E-state index contributed by atoms with van der Waals surface area (Å²) in [6, 6.07) is 5.44. The van der Waals surface area contributed by atoms with Gasteiger partial charge in [-0.1, -0.05) is 0 Å². The zero-order valence-corrected chi connectivity index (χ0v) is 15.3. The lowest BCUT2D eigenvalue weighted by molar-refractivity contribution is 0.173. The van der Waals surface area contributed by atoms with Gasteiger partial charge in [-0.05, 0) is 32.0 Å². The maximum absolute atomic E-state index is 14.0. The molecule has 0 saturated carbocycles. The Morgan fingerprint density at radius 2 is 1.86 bits per heavy atom. The molecule has 3 rings (SSSR count). The summed E-state index contributed by atoms with van der Waals surface area (Å²) in [6.07, 6.45) is 1.25. The summed E-state index contributed by atoms with van der Waals surface area (Å²) in [5, 5.41) is 11.4. The van der Waals surface area contributed by atoms with Crippen LogP contribution in [0.4, 0.5) is 29.3 Å². The van der Waals surface area contributed by atoms with Crippen LogP contribution >= 0.6 is 0 Å². The summed E-state index contributed by atoms with van der Waals surface area (Å²) >= 11 is 0. The van der Waals surface area contributed by atoms with Crippen molar-refractivity contribution in [3.05, 3.63) is 53.6 Å². The third kappa shape index (κ3) is 3.86. The highest BCUT2D eigenvalue weighted by Crippen LogP contribution is 2.27. The van der Waals surface area contributed by atoms with Gasteiger partial charge in [0.2, 0.25) is 5.95 Å². The molecule has 146 valence electrons. The van der Waals surface area contributed by atoms with Gasteiger partial charge in [-0.15, -0.1) is 0 Å². The lowest BCUT2D eigenvalue weighted by Gasteiger charge is -2.45. The maximum atomic E-state index is 14.0. The van der Waals surface area contributed by atoms with Crippen LogP contribution in [0.2, 0.25) is 0 Å². The number of pyridine rings is 1. The van der Waals surface area contributed by atoms with E-state index >= 15 is 0 Å². The van der Waals surface area contributed by atoms with Crippen LogP contribution in [-0.4, -0.2) is 41.1 Å². The van der Waals surface area contributed by atoms with Crippen molar-refractivity contribution in [2.24, 2.45) is 0 Å². The Bertz CT molecular complexity index is 922. The average molecular weight is 389 g/mol. The van der Waals surface area contributed by atoms with Gasteiger partial charge >= 0.3 is 6.03 Å². The third-order valence-corrected chi connectivity index (χ3v) is 4.69. The van der Waals surface area contributed by atoms with Crippen LogP contribution in [0.15, 0.2) is 30.5 Å². The van der Waals surface area contributed by atoms with Crippen molar-refractivity contribution in [3.63, 3.8) is 0 Å². The number of nitrogens with one attached hydrogen (secondary N) is 1. The summed E-state index contributed by atoms with van der Waals surface area (Å²) in [5.74, 6) is -2.54. The molecule has 0 unspecified atom stereocenters. The zero-order chi connectivity index (χ0) is 20.4. The number of halogens is 3. The fourth-order valence-corrected chi connectivity index (χ4v) is 3.28. The molecule has 1 aliphatic rings. The van der Waals surface area contributed by atoms with E-state index in [2.05, 4.69) is 10.3 Å². The van der Waals surface area contributed by atoms with Crippen molar-refractivity contribution in [1.82, 2.24) is 9.88 Å². The summed E-state index contributed by atoms with van der Waals surface area (Å²) in [5.41, 5.74) is -0.0207. The Labute approximate surface area is 160 Å². The van der Waals surface area contributed by atoms with Gasteiger partial charge in [-0.25, -0.2) is 18.6 Å². The molecular formula is C19H18F3N5O. The topological polar surface area (TPSA) is 72.3 Å². The number of nitriles is 1. The molecule has 0 bridgehead atoms. The number of benzene rings is 1. The van der Waals surface area contributed by atoms with Crippen LogP contribution in [0, 0.1) is 28.9 Å². The van der Waals surface area contributed by atoms with Gasteiger partial charge in [0.15, 0.2) is 0 Å². The highest BCUT2D eigenvalue weighted by Gasteiger charge is 2.33. The van der Waals surface area contributed by atoms with E-state index in [0.717, 1.165) is 18.2 Å². The number of nitrogens with zero attached hydrogens (tertiary/aromatic N) is 4. The van der Waals surface area contributed by atoms with Crippen LogP contribution in [0.5, 0.6) is 0 Å². The summed E-state index contributed by atoms with van der Waals surface area (Å²) < 4.78 is 41.1. The number of carbonyl (C=O) groups excluding carboxylic acids is 1. The molecule has 1 N–H and O–H groups in total. The predicted molar refractivity (Wildman–Crippen MR) is 97.3 cm³/mol. The number of piperazine rings is 1. The highest BCUT2D eigenvalue weighted by atomic mass is 19.1. The highest BCUT2D eigenvalue weighted by molar-refractivity contribution is 5.89. The largest absolute Gasteiger partial charge is 0.365 e. The van der Waals surface area contributed by atoms with Crippen LogP contribution in [-0.2, 0) is 0 Å². The van der Waals surface area contributed by atoms with E-state index in [4.69, 9.17) is 5.26 Å². The minimum atomic E-state index is -0.919. The minimum absolute atomic E-state index is 0.233. The van der Waals surface area contributed by atoms with Crippen molar-refractivity contribution in [2.45, 2.75) is 25.9 Å². The fraction of sp³-hybridized carbons (Fsp3) is 0.316. The number of amides is 2. The van der Waals surface area contributed by atoms with Gasteiger partial charge in [-0.2, -0.15) is 9.65 Å². The summed E-state index contributed by atoms with van der Waals surface area (Å²) in [4.78, 5) is 19.4. The second kappa shape index (κ2) is 7.76. The Morgan fingerprint density at radius 1 is 1.18 bits per heavy atom. The van der Waals surface area contributed by atoms with Gasteiger partial charge in [-0.3, -0.25) is 0 Å². The lowest BCUT2D eigenvalue weighted by atomic mass is 10.1. The fourth-order valence-electron chi connectivity index (χ4n) is 3.28. The molecule has 1 aromatic heterocycles. The smallest absolute Gasteiger partial charge is 0.322 e. The molecule has 1 fully saturated rings. The monoisotopic (exact) mass is 389 g/mol. The molecule has 0 aliphatic carbocycles. The van der Waals surface area contributed by atoms with E-state index in [1.54, 1.807) is 9.80 Å². The first-order chi connectivity index (χ1) is 13.3. The van der Waals surface area contributed by atoms with Gasteiger partial charge < -0.3 is 15.1 Å². The van der Waals surface area contributed by atoms with Crippen molar-refractivity contribution in [1.29, 1.82) is 5.26 Å². The Balaban J connectivity index is 1.75. The quantitative estimate of drug-likeness (QED) is 0.798. The first kappa shape index (κ1) is 19.5. The first-order valence-electron chi connectivity index (χ1n) is 8.65.